The third-order valence-corrected chi connectivity index (χ3v) is 7.37. The van der Waals surface area contributed by atoms with Crippen LogP contribution in [0.5, 0.6) is 0 Å². The van der Waals surface area contributed by atoms with Gasteiger partial charge in [0, 0.05) is 40.5 Å². The molecule has 16 heteroatoms. The molecule has 0 radical (unpaired) electrons. The van der Waals surface area contributed by atoms with E-state index in [9.17, 15) is 36.8 Å². The molecule has 2 atom stereocenters. The van der Waals surface area contributed by atoms with Crippen molar-refractivity contribution in [2.75, 3.05) is 5.32 Å². The van der Waals surface area contributed by atoms with Gasteiger partial charge in [0.2, 0.25) is 5.91 Å². The molecule has 240 valence electrons. The normalized spacial score (nSPS) is 16.5. The number of nitriles is 1. The van der Waals surface area contributed by atoms with Crippen molar-refractivity contribution in [1.82, 2.24) is 19.3 Å². The highest BCUT2D eigenvalue weighted by molar-refractivity contribution is 6.30. The van der Waals surface area contributed by atoms with Gasteiger partial charge in [0.1, 0.15) is 0 Å². The average molecular weight is 663 g/mol. The number of carbonyl (C=O) groups is 2. The van der Waals surface area contributed by atoms with Crippen LogP contribution in [0.15, 0.2) is 65.8 Å². The number of carbonyl (C=O) groups excluding carboxylic acids is 1. The third kappa shape index (κ3) is 7.57. The standard InChI is InChI=1S/C28H23ClF2N6O2.C2HF3O2/c1-16-3-2-4-24(36-10-8-17(12-25(36)38)21-13-20(29)6-5-19(21)14-32)22-11-18(7-9-33-22)26-23(35-27(16)39)15-34-37(26)28(30)31;3-2(4,5)1(6)7/h5-13,15-16,24,28H,2-4H2,1H3,(H,35,39);(H,6,7)/t16-,24+;/m1./s1. The Morgan fingerprint density at radius 3 is 2.48 bits per heavy atom. The molecule has 2 N–H and O–H groups in total. The molecule has 10 nitrogen and oxygen atoms in total. The number of hydrogen-bond donors (Lipinski definition) is 2. The van der Waals surface area contributed by atoms with E-state index in [1.54, 1.807) is 49.5 Å². The molecule has 0 fully saturated rings. The number of rotatable bonds is 3. The second kappa shape index (κ2) is 13.9. The van der Waals surface area contributed by atoms with Gasteiger partial charge in [-0.2, -0.15) is 32.3 Å². The molecular formula is C30H24ClF5N6O4. The second-order valence-electron chi connectivity index (χ2n) is 10.2. The van der Waals surface area contributed by atoms with Crippen molar-refractivity contribution in [3.8, 4) is 28.5 Å². The van der Waals surface area contributed by atoms with Gasteiger partial charge >= 0.3 is 18.7 Å². The maximum absolute atomic E-state index is 13.8. The fourth-order valence-electron chi connectivity index (χ4n) is 4.87. The van der Waals surface area contributed by atoms with Crippen LogP contribution in [0.3, 0.4) is 0 Å². The lowest BCUT2D eigenvalue weighted by atomic mass is 9.96. The number of benzene rings is 1. The molecule has 0 spiro atoms. The minimum atomic E-state index is -5.08. The zero-order chi connectivity index (χ0) is 33.8. The van der Waals surface area contributed by atoms with Crippen molar-refractivity contribution in [2.45, 2.75) is 45.0 Å². The molecule has 1 amide bonds. The number of nitrogens with one attached hydrogen (secondary N) is 1. The molecular weight excluding hydrogens is 639 g/mol. The van der Waals surface area contributed by atoms with Crippen LogP contribution in [0.1, 0.15) is 50.0 Å². The molecule has 0 saturated carbocycles. The summed E-state index contributed by atoms with van der Waals surface area (Å²) in [7, 11) is 0. The van der Waals surface area contributed by atoms with Crippen LogP contribution < -0.4 is 10.9 Å². The van der Waals surface area contributed by atoms with Crippen LogP contribution >= 0.6 is 11.6 Å². The lowest BCUT2D eigenvalue weighted by molar-refractivity contribution is -0.192. The van der Waals surface area contributed by atoms with Gasteiger partial charge in [0.25, 0.3) is 5.56 Å². The van der Waals surface area contributed by atoms with Crippen LogP contribution in [0.25, 0.3) is 22.4 Å². The van der Waals surface area contributed by atoms with E-state index < -0.39 is 30.7 Å². The Bertz CT molecular complexity index is 1870. The quantitative estimate of drug-likeness (QED) is 0.233. The lowest BCUT2D eigenvalue weighted by Crippen LogP contribution is -2.26. The minimum absolute atomic E-state index is 0.0567. The van der Waals surface area contributed by atoms with E-state index in [0.717, 1.165) is 0 Å². The molecule has 4 heterocycles. The van der Waals surface area contributed by atoms with Gasteiger partial charge in [-0.1, -0.05) is 24.9 Å². The number of hydrogen-bond acceptors (Lipinski definition) is 6. The number of carboxylic acids is 1. The summed E-state index contributed by atoms with van der Waals surface area (Å²) < 4.78 is 61.5. The highest BCUT2D eigenvalue weighted by Crippen LogP contribution is 2.35. The number of amides is 1. The number of fused-ring (bicyclic) bond motifs is 4. The monoisotopic (exact) mass is 662 g/mol. The van der Waals surface area contributed by atoms with Gasteiger partial charge in [-0.15, -0.1) is 0 Å². The maximum atomic E-state index is 13.8. The van der Waals surface area contributed by atoms with Crippen molar-refractivity contribution < 1.29 is 36.6 Å². The van der Waals surface area contributed by atoms with Gasteiger partial charge in [-0.05, 0) is 54.8 Å². The molecule has 5 rings (SSSR count). The molecule has 0 unspecified atom stereocenters. The SMILES string of the molecule is C[C@@H]1CCC[C@H](n2ccc(-c3cc(Cl)ccc3C#N)cc2=O)c2cc(ccn2)-c2c(cnn2C(F)F)NC1=O.O=C(O)C(F)(F)F. The number of halogens is 6. The summed E-state index contributed by atoms with van der Waals surface area (Å²) in [6.07, 6.45) is 0.857. The Morgan fingerprint density at radius 1 is 1.13 bits per heavy atom. The largest absolute Gasteiger partial charge is 0.490 e. The zero-order valence-corrected chi connectivity index (χ0v) is 24.6. The number of alkyl halides is 5. The minimum Gasteiger partial charge on any atom is -0.475 e. The first-order valence-corrected chi connectivity index (χ1v) is 13.9. The van der Waals surface area contributed by atoms with E-state index in [4.69, 9.17) is 21.5 Å². The molecule has 0 aliphatic carbocycles. The first-order valence-electron chi connectivity index (χ1n) is 13.6. The summed E-state index contributed by atoms with van der Waals surface area (Å²) >= 11 is 6.14. The average Bonchev–Trinajstić information content (AvgIpc) is 3.42. The van der Waals surface area contributed by atoms with E-state index in [2.05, 4.69) is 21.5 Å². The van der Waals surface area contributed by atoms with Gasteiger partial charge < -0.3 is 15.0 Å². The Hall–Kier alpha value is -5.10. The summed E-state index contributed by atoms with van der Waals surface area (Å²) in [6, 6.07) is 12.8. The van der Waals surface area contributed by atoms with Gasteiger partial charge in [-0.25, -0.2) is 9.48 Å². The summed E-state index contributed by atoms with van der Waals surface area (Å²) in [4.78, 5) is 39.6. The van der Waals surface area contributed by atoms with Gasteiger partial charge in [0.05, 0.1) is 40.9 Å². The van der Waals surface area contributed by atoms with Crippen LogP contribution in [-0.2, 0) is 9.59 Å². The molecule has 3 aromatic heterocycles. The fourth-order valence-corrected chi connectivity index (χ4v) is 5.04. The molecule has 1 aliphatic rings. The van der Waals surface area contributed by atoms with E-state index in [-0.39, 0.29) is 22.8 Å². The predicted molar refractivity (Wildman–Crippen MR) is 156 cm³/mol. The van der Waals surface area contributed by atoms with Crippen LogP contribution in [0.2, 0.25) is 5.02 Å². The summed E-state index contributed by atoms with van der Waals surface area (Å²) in [5, 5.41) is 23.6. The Kier molecular flexibility index (Phi) is 10.2. The lowest BCUT2D eigenvalue weighted by Gasteiger charge is -2.22. The van der Waals surface area contributed by atoms with E-state index >= 15 is 0 Å². The number of aromatic nitrogens is 4. The van der Waals surface area contributed by atoms with Crippen LogP contribution in [0, 0.1) is 17.2 Å². The van der Waals surface area contributed by atoms with E-state index in [1.807, 2.05) is 0 Å². The van der Waals surface area contributed by atoms with Crippen molar-refractivity contribution in [1.29, 1.82) is 5.26 Å². The topological polar surface area (TPSA) is 143 Å². The summed E-state index contributed by atoms with van der Waals surface area (Å²) in [5.74, 6) is -3.45. The Morgan fingerprint density at radius 2 is 1.85 bits per heavy atom. The first-order chi connectivity index (χ1) is 21.7. The highest BCUT2D eigenvalue weighted by Gasteiger charge is 2.38. The fraction of sp³-hybridized carbons (Fsp3) is 0.267. The second-order valence-corrected chi connectivity index (χ2v) is 10.6. The molecule has 0 saturated heterocycles. The molecule has 1 aromatic carbocycles. The van der Waals surface area contributed by atoms with Crippen molar-refractivity contribution in [2.24, 2.45) is 5.92 Å². The number of anilines is 1. The predicted octanol–water partition coefficient (Wildman–Crippen LogP) is 6.68. The Balaban J connectivity index is 0.000000617. The zero-order valence-electron chi connectivity index (χ0n) is 23.8. The van der Waals surface area contributed by atoms with Crippen molar-refractivity contribution >= 4 is 29.2 Å². The summed E-state index contributed by atoms with van der Waals surface area (Å²) in [5.41, 5.74) is 2.27. The molecule has 46 heavy (non-hydrogen) atoms. The van der Waals surface area contributed by atoms with Crippen LogP contribution in [-0.4, -0.2) is 42.5 Å². The van der Waals surface area contributed by atoms with E-state index in [1.165, 1.54) is 23.0 Å². The number of nitrogens with zero attached hydrogens (tertiary/aromatic N) is 5. The van der Waals surface area contributed by atoms with Gasteiger partial charge in [-0.3, -0.25) is 14.6 Å². The first kappa shape index (κ1) is 33.8. The summed E-state index contributed by atoms with van der Waals surface area (Å²) in [6.45, 7) is -1.16. The van der Waals surface area contributed by atoms with Crippen molar-refractivity contribution in [3.63, 3.8) is 0 Å². The number of pyridine rings is 2. The van der Waals surface area contributed by atoms with E-state index in [0.29, 0.717) is 56.9 Å². The Labute approximate surface area is 262 Å². The molecule has 2 bridgehead atoms. The maximum Gasteiger partial charge on any atom is 0.490 e. The third-order valence-electron chi connectivity index (χ3n) is 7.14. The van der Waals surface area contributed by atoms with Crippen LogP contribution in [0.4, 0.5) is 27.6 Å². The number of aliphatic carboxylic acids is 1. The van der Waals surface area contributed by atoms with Gasteiger partial charge in [0.15, 0.2) is 0 Å². The highest BCUT2D eigenvalue weighted by atomic mass is 35.5. The smallest absolute Gasteiger partial charge is 0.475 e. The molecule has 1 aliphatic heterocycles. The molecule has 4 aromatic rings. The number of carboxylic acid groups (broad SMARTS) is 1. The van der Waals surface area contributed by atoms with Crippen molar-refractivity contribution in [3.05, 3.63) is 87.7 Å².